The Morgan fingerprint density at radius 3 is 2.70 bits per heavy atom. The molecule has 0 spiro atoms. The topological polar surface area (TPSA) is 144 Å². The monoisotopic (exact) mass is 515 g/mol. The Balaban J connectivity index is 1.33. The zero-order chi connectivity index (χ0) is 26.3. The van der Waals surface area contributed by atoms with Crippen LogP contribution in [0.2, 0.25) is 0 Å². The molecule has 0 radical (unpaired) electrons. The fraction of sp³-hybridized carbons (Fsp3) is 0.560. The maximum Gasteiger partial charge on any atom is 0.332 e. The molecule has 5 atom stereocenters. The quantitative estimate of drug-likeness (QED) is 0.313. The molecule has 3 aromatic rings. The minimum Gasteiger partial charge on any atom is -0.392 e. The average molecular weight is 516 g/mol. The van der Waals surface area contributed by atoms with Crippen LogP contribution in [-0.2, 0) is 36.7 Å². The zero-order valence-electron chi connectivity index (χ0n) is 20.9. The number of aromatic nitrogens is 4. The Labute approximate surface area is 212 Å². The molecule has 0 amide bonds. The summed E-state index contributed by atoms with van der Waals surface area (Å²) in [5, 5.41) is 32.1. The van der Waals surface area contributed by atoms with Gasteiger partial charge >= 0.3 is 5.69 Å². The molecule has 0 bridgehead atoms. The highest BCUT2D eigenvalue weighted by atomic mass is 16.6. The fourth-order valence-electron chi connectivity index (χ4n) is 5.41. The number of ether oxygens (including phenoxy) is 2. The molecule has 12 heteroatoms. The lowest BCUT2D eigenvalue weighted by Crippen LogP contribution is -2.48. The summed E-state index contributed by atoms with van der Waals surface area (Å²) in [4.78, 5) is 31.4. The first-order chi connectivity index (χ1) is 17.7. The van der Waals surface area contributed by atoms with Crippen LogP contribution in [0.5, 0.6) is 0 Å². The third-order valence-corrected chi connectivity index (χ3v) is 7.36. The number of nitrogens with zero attached hydrogens (tertiary/aromatic N) is 5. The average Bonchev–Trinajstić information content (AvgIpc) is 3.56. The van der Waals surface area contributed by atoms with Crippen LogP contribution in [0.15, 0.2) is 46.2 Å². The molecule has 2 fully saturated rings. The van der Waals surface area contributed by atoms with Gasteiger partial charge < -0.3 is 29.4 Å². The molecule has 37 heavy (non-hydrogen) atoms. The van der Waals surface area contributed by atoms with Gasteiger partial charge in [-0.2, -0.15) is 0 Å². The number of hydrogen-bond donors (Lipinski definition) is 3. The van der Waals surface area contributed by atoms with Gasteiger partial charge in [0.05, 0.1) is 25.6 Å². The Kier molecular flexibility index (Phi) is 7.05. The molecular formula is C25H33N5O7. The number of aliphatic hydroxyl groups is 3. The molecule has 1 aromatic carbocycles. The Morgan fingerprint density at radius 1 is 1.19 bits per heavy atom. The van der Waals surface area contributed by atoms with E-state index in [2.05, 4.69) is 4.98 Å². The van der Waals surface area contributed by atoms with Crippen molar-refractivity contribution in [3.63, 3.8) is 0 Å². The second kappa shape index (κ2) is 10.1. The van der Waals surface area contributed by atoms with E-state index in [-0.39, 0.29) is 26.2 Å². The lowest BCUT2D eigenvalue weighted by Gasteiger charge is -2.31. The number of benzene rings is 1. The first-order valence-corrected chi connectivity index (χ1v) is 12.4. The molecule has 200 valence electrons. The normalized spacial score (nSPS) is 26.3. The van der Waals surface area contributed by atoms with E-state index in [9.17, 15) is 24.9 Å². The van der Waals surface area contributed by atoms with Gasteiger partial charge in [0, 0.05) is 46.7 Å². The van der Waals surface area contributed by atoms with Gasteiger partial charge in [0.1, 0.15) is 23.9 Å². The van der Waals surface area contributed by atoms with Crippen molar-refractivity contribution in [2.45, 2.75) is 49.5 Å². The van der Waals surface area contributed by atoms with Crippen LogP contribution >= 0.6 is 0 Å². The molecule has 3 N–H and O–H groups in total. The van der Waals surface area contributed by atoms with E-state index >= 15 is 0 Å². The molecule has 2 aliphatic rings. The van der Waals surface area contributed by atoms with Gasteiger partial charge in [-0.25, -0.2) is 9.78 Å². The molecule has 1 unspecified atom stereocenters. The molecule has 2 saturated heterocycles. The summed E-state index contributed by atoms with van der Waals surface area (Å²) in [5.74, 6) is 0. The van der Waals surface area contributed by atoms with E-state index in [4.69, 9.17) is 9.47 Å². The molecule has 5 rings (SSSR count). The second-order valence-electron chi connectivity index (χ2n) is 10.1. The standard InChI is InChI=1S/C25H33N5O7/c1-27-22-19(23(33)28(2)24(27)34)30(15-26-22)9-8-29(11-16-6-4-3-5-7-16)12-17(31)10-25(35)14-37-20-18(32)13-36-21(20)25/h3-7,15,17-18,20-21,31-32,35H,8-14H2,1-2H3/t17?,18-,20+,21-,25+/m0/s1. The van der Waals surface area contributed by atoms with Crippen molar-refractivity contribution < 1.29 is 24.8 Å². The van der Waals surface area contributed by atoms with E-state index < -0.39 is 41.3 Å². The summed E-state index contributed by atoms with van der Waals surface area (Å²) >= 11 is 0. The van der Waals surface area contributed by atoms with Crippen molar-refractivity contribution in [2.24, 2.45) is 14.1 Å². The van der Waals surface area contributed by atoms with Crippen LogP contribution in [-0.4, -0.2) is 95.2 Å². The molecular weight excluding hydrogens is 482 g/mol. The van der Waals surface area contributed by atoms with Crippen molar-refractivity contribution in [3.8, 4) is 0 Å². The van der Waals surface area contributed by atoms with Crippen LogP contribution in [0, 0.1) is 0 Å². The number of imidazole rings is 1. The summed E-state index contributed by atoms with van der Waals surface area (Å²) in [7, 11) is 3.02. The van der Waals surface area contributed by atoms with Gasteiger partial charge in [-0.15, -0.1) is 0 Å². The maximum atomic E-state index is 12.8. The third-order valence-electron chi connectivity index (χ3n) is 7.36. The summed E-state index contributed by atoms with van der Waals surface area (Å²) in [6.45, 7) is 1.74. The molecule has 0 saturated carbocycles. The number of hydrogen-bond acceptors (Lipinski definition) is 9. The summed E-state index contributed by atoms with van der Waals surface area (Å²) < 4.78 is 15.3. The van der Waals surface area contributed by atoms with E-state index in [0.29, 0.717) is 30.8 Å². The number of aryl methyl sites for hydroxylation is 1. The van der Waals surface area contributed by atoms with Gasteiger partial charge in [-0.1, -0.05) is 30.3 Å². The van der Waals surface area contributed by atoms with E-state index in [1.54, 1.807) is 17.9 Å². The van der Waals surface area contributed by atoms with E-state index in [1.165, 1.54) is 11.6 Å². The molecule has 2 aromatic heterocycles. The zero-order valence-corrected chi connectivity index (χ0v) is 20.9. The third kappa shape index (κ3) is 4.88. The number of rotatable bonds is 9. The fourth-order valence-corrected chi connectivity index (χ4v) is 5.41. The largest absolute Gasteiger partial charge is 0.392 e. The predicted molar refractivity (Wildman–Crippen MR) is 133 cm³/mol. The van der Waals surface area contributed by atoms with Gasteiger partial charge in [-0.05, 0) is 5.56 Å². The van der Waals surface area contributed by atoms with Gasteiger partial charge in [0.2, 0.25) is 0 Å². The predicted octanol–water partition coefficient (Wildman–Crippen LogP) is -1.42. The first-order valence-electron chi connectivity index (χ1n) is 12.4. The van der Waals surface area contributed by atoms with E-state index in [1.807, 2.05) is 35.2 Å². The maximum absolute atomic E-state index is 12.8. The Bertz CT molecular complexity index is 1370. The second-order valence-corrected chi connectivity index (χ2v) is 10.1. The molecule has 0 aliphatic carbocycles. The van der Waals surface area contributed by atoms with Crippen LogP contribution in [0.3, 0.4) is 0 Å². The van der Waals surface area contributed by atoms with Crippen LogP contribution < -0.4 is 11.2 Å². The minimum absolute atomic E-state index is 0.0157. The van der Waals surface area contributed by atoms with Crippen molar-refractivity contribution >= 4 is 11.2 Å². The SMILES string of the molecule is Cn1c(=O)c2c(ncn2CCN(Cc2ccccc2)CC(O)C[C@@]2(O)CO[C@@H]3[C@@H](O)CO[C@@H]32)n(C)c1=O. The Morgan fingerprint density at radius 2 is 1.95 bits per heavy atom. The molecule has 2 aliphatic heterocycles. The van der Waals surface area contributed by atoms with Crippen molar-refractivity contribution in [1.29, 1.82) is 0 Å². The lowest BCUT2D eigenvalue weighted by molar-refractivity contribution is -0.0948. The highest BCUT2D eigenvalue weighted by Gasteiger charge is 2.56. The van der Waals surface area contributed by atoms with E-state index in [0.717, 1.165) is 10.1 Å². The van der Waals surface area contributed by atoms with Crippen LogP contribution in [0.1, 0.15) is 12.0 Å². The lowest BCUT2D eigenvalue weighted by atomic mass is 9.90. The van der Waals surface area contributed by atoms with Gasteiger partial charge in [0.25, 0.3) is 5.56 Å². The van der Waals surface area contributed by atoms with Crippen molar-refractivity contribution in [2.75, 3.05) is 26.3 Å². The van der Waals surface area contributed by atoms with Crippen molar-refractivity contribution in [1.82, 2.24) is 23.6 Å². The minimum atomic E-state index is -1.39. The van der Waals surface area contributed by atoms with Gasteiger partial charge in [-0.3, -0.25) is 18.8 Å². The van der Waals surface area contributed by atoms with Gasteiger partial charge in [0.15, 0.2) is 11.2 Å². The number of fused-ring (bicyclic) bond motifs is 2. The van der Waals surface area contributed by atoms with Crippen LogP contribution in [0.4, 0.5) is 0 Å². The highest BCUT2D eigenvalue weighted by Crippen LogP contribution is 2.37. The number of aliphatic hydroxyl groups excluding tert-OH is 2. The summed E-state index contributed by atoms with van der Waals surface area (Å²) in [5.41, 5.74) is -0.538. The Hall–Kier alpha value is -2.87. The first kappa shape index (κ1) is 25.8. The highest BCUT2D eigenvalue weighted by molar-refractivity contribution is 5.69. The van der Waals surface area contributed by atoms with Crippen molar-refractivity contribution in [3.05, 3.63) is 63.1 Å². The summed E-state index contributed by atoms with van der Waals surface area (Å²) in [6, 6.07) is 9.81. The van der Waals surface area contributed by atoms with Crippen LogP contribution in [0.25, 0.3) is 11.2 Å². The smallest absolute Gasteiger partial charge is 0.332 e. The summed E-state index contributed by atoms with van der Waals surface area (Å²) in [6.07, 6.45) is -1.38. The molecule has 4 heterocycles. The molecule has 12 nitrogen and oxygen atoms in total.